The Morgan fingerprint density at radius 1 is 1.56 bits per heavy atom. The zero-order chi connectivity index (χ0) is 11.4. The molecule has 2 rings (SSSR count). The first-order valence-electron chi connectivity index (χ1n) is 5.84. The number of rotatable bonds is 3. The first-order valence-corrected chi connectivity index (χ1v) is 5.84. The molecule has 0 fully saturated rings. The Balaban J connectivity index is 1.88. The van der Waals surface area contributed by atoms with E-state index in [2.05, 4.69) is 25.2 Å². The first-order chi connectivity index (χ1) is 7.75. The number of hydrogen-bond donors (Lipinski definition) is 1. The summed E-state index contributed by atoms with van der Waals surface area (Å²) in [6, 6.07) is 0. The van der Waals surface area contributed by atoms with Gasteiger partial charge in [0.1, 0.15) is 6.61 Å². The molecular formula is C13H19NO2. The molecule has 1 aliphatic heterocycles. The van der Waals surface area contributed by atoms with Gasteiger partial charge in [-0.15, -0.1) is 0 Å². The Morgan fingerprint density at radius 3 is 3.12 bits per heavy atom. The Kier molecular flexibility index (Phi) is 3.54. The maximum atomic E-state index is 5.88. The van der Waals surface area contributed by atoms with Gasteiger partial charge in [0.05, 0.1) is 12.3 Å². The van der Waals surface area contributed by atoms with Gasteiger partial charge in [0.15, 0.2) is 0 Å². The van der Waals surface area contributed by atoms with E-state index in [4.69, 9.17) is 15.2 Å². The molecule has 1 aliphatic carbocycles. The topological polar surface area (TPSA) is 44.5 Å². The van der Waals surface area contributed by atoms with Crippen molar-refractivity contribution in [3.8, 4) is 0 Å². The van der Waals surface area contributed by atoms with Crippen LogP contribution in [0.4, 0.5) is 0 Å². The van der Waals surface area contributed by atoms with Crippen LogP contribution in [0.3, 0.4) is 0 Å². The van der Waals surface area contributed by atoms with Crippen molar-refractivity contribution in [2.45, 2.75) is 26.2 Å². The highest BCUT2D eigenvalue weighted by Gasteiger charge is 2.18. The SMILES string of the molecule is CC1COC(OCC2=CC=CCC2)=C(N)C1. The maximum Gasteiger partial charge on any atom is 0.299 e. The molecule has 0 bridgehead atoms. The van der Waals surface area contributed by atoms with Gasteiger partial charge < -0.3 is 15.2 Å². The van der Waals surface area contributed by atoms with Crippen molar-refractivity contribution < 1.29 is 9.47 Å². The fraction of sp³-hybridized carbons (Fsp3) is 0.538. The highest BCUT2D eigenvalue weighted by molar-refractivity contribution is 5.18. The van der Waals surface area contributed by atoms with Gasteiger partial charge >= 0.3 is 0 Å². The summed E-state index contributed by atoms with van der Waals surface area (Å²) in [4.78, 5) is 0. The fourth-order valence-corrected chi connectivity index (χ4v) is 1.89. The fourth-order valence-electron chi connectivity index (χ4n) is 1.89. The minimum absolute atomic E-state index is 0.490. The molecule has 1 unspecified atom stereocenters. The van der Waals surface area contributed by atoms with Gasteiger partial charge in [-0.05, 0) is 30.8 Å². The van der Waals surface area contributed by atoms with E-state index < -0.39 is 0 Å². The third-order valence-corrected chi connectivity index (χ3v) is 2.82. The van der Waals surface area contributed by atoms with Crippen LogP contribution in [0, 0.1) is 5.92 Å². The van der Waals surface area contributed by atoms with E-state index in [9.17, 15) is 0 Å². The van der Waals surface area contributed by atoms with Crippen LogP contribution in [0.15, 0.2) is 35.4 Å². The highest BCUT2D eigenvalue weighted by atomic mass is 16.7. The minimum Gasteiger partial charge on any atom is -0.464 e. The summed E-state index contributed by atoms with van der Waals surface area (Å²) in [5.74, 6) is 1.03. The molecule has 3 nitrogen and oxygen atoms in total. The zero-order valence-electron chi connectivity index (χ0n) is 9.74. The van der Waals surface area contributed by atoms with Gasteiger partial charge in [-0.2, -0.15) is 0 Å². The molecule has 1 heterocycles. The van der Waals surface area contributed by atoms with E-state index in [0.717, 1.165) is 25.0 Å². The van der Waals surface area contributed by atoms with Crippen molar-refractivity contribution in [2.24, 2.45) is 11.7 Å². The van der Waals surface area contributed by atoms with Gasteiger partial charge in [-0.25, -0.2) is 0 Å². The van der Waals surface area contributed by atoms with E-state index >= 15 is 0 Å². The van der Waals surface area contributed by atoms with Gasteiger partial charge in [0.2, 0.25) is 0 Å². The molecule has 3 heteroatoms. The van der Waals surface area contributed by atoms with Crippen LogP contribution in [0.5, 0.6) is 0 Å². The molecular weight excluding hydrogens is 202 g/mol. The summed E-state index contributed by atoms with van der Waals surface area (Å²) >= 11 is 0. The molecule has 1 atom stereocenters. The molecule has 2 N–H and O–H groups in total. The van der Waals surface area contributed by atoms with Crippen LogP contribution < -0.4 is 5.73 Å². The molecule has 0 aromatic rings. The molecule has 0 radical (unpaired) electrons. The molecule has 88 valence electrons. The summed E-state index contributed by atoms with van der Waals surface area (Å²) in [5.41, 5.74) is 7.92. The summed E-state index contributed by atoms with van der Waals surface area (Å²) in [6.45, 7) is 3.42. The number of allylic oxidation sites excluding steroid dienone is 4. The lowest BCUT2D eigenvalue weighted by atomic mass is 10.1. The predicted molar refractivity (Wildman–Crippen MR) is 63.4 cm³/mol. The number of hydrogen-bond acceptors (Lipinski definition) is 3. The van der Waals surface area contributed by atoms with Crippen LogP contribution in [0.1, 0.15) is 26.2 Å². The van der Waals surface area contributed by atoms with Crippen LogP contribution in [0.2, 0.25) is 0 Å². The molecule has 0 aromatic carbocycles. The van der Waals surface area contributed by atoms with Crippen molar-refractivity contribution in [3.05, 3.63) is 35.4 Å². The maximum absolute atomic E-state index is 5.88. The highest BCUT2D eigenvalue weighted by Crippen LogP contribution is 2.22. The Morgan fingerprint density at radius 2 is 2.44 bits per heavy atom. The Bertz CT molecular complexity index is 342. The van der Waals surface area contributed by atoms with E-state index in [0.29, 0.717) is 25.1 Å². The van der Waals surface area contributed by atoms with Crippen LogP contribution in [-0.4, -0.2) is 13.2 Å². The predicted octanol–water partition coefficient (Wildman–Crippen LogP) is 2.46. The quantitative estimate of drug-likeness (QED) is 0.796. The summed E-state index contributed by atoms with van der Waals surface area (Å²) in [5, 5.41) is 0. The first kappa shape index (κ1) is 11.1. The lowest BCUT2D eigenvalue weighted by Crippen LogP contribution is -2.21. The molecule has 16 heavy (non-hydrogen) atoms. The van der Waals surface area contributed by atoms with Gasteiger partial charge in [0, 0.05) is 0 Å². The summed E-state index contributed by atoms with van der Waals surface area (Å²) in [6.07, 6.45) is 9.38. The molecule has 0 spiro atoms. The summed E-state index contributed by atoms with van der Waals surface area (Å²) in [7, 11) is 0. The van der Waals surface area contributed by atoms with Crippen molar-refractivity contribution in [1.82, 2.24) is 0 Å². The third kappa shape index (κ3) is 2.81. The van der Waals surface area contributed by atoms with Crippen LogP contribution in [-0.2, 0) is 9.47 Å². The van der Waals surface area contributed by atoms with E-state index in [1.807, 2.05) is 0 Å². The van der Waals surface area contributed by atoms with Gasteiger partial charge in [-0.3, -0.25) is 0 Å². The molecule has 0 amide bonds. The second kappa shape index (κ2) is 5.10. The number of ether oxygens (including phenoxy) is 2. The average molecular weight is 221 g/mol. The Labute approximate surface area is 96.6 Å². The van der Waals surface area contributed by atoms with Crippen LogP contribution >= 0.6 is 0 Å². The standard InChI is InChI=1S/C13H19NO2/c1-10-7-12(14)13(15-8-10)16-9-11-5-3-2-4-6-11/h2-3,5,10H,4,6-9,14H2,1H3. The molecule has 2 aliphatic rings. The van der Waals surface area contributed by atoms with Crippen molar-refractivity contribution in [3.63, 3.8) is 0 Å². The van der Waals surface area contributed by atoms with Gasteiger partial charge in [0.25, 0.3) is 5.95 Å². The molecule has 0 aromatic heterocycles. The lowest BCUT2D eigenvalue weighted by molar-refractivity contribution is 0.0114. The average Bonchev–Trinajstić information content (AvgIpc) is 2.29. The second-order valence-corrected chi connectivity index (χ2v) is 4.51. The molecule has 0 saturated carbocycles. The van der Waals surface area contributed by atoms with Crippen LogP contribution in [0.25, 0.3) is 0 Å². The second-order valence-electron chi connectivity index (χ2n) is 4.51. The van der Waals surface area contributed by atoms with Crippen molar-refractivity contribution in [1.29, 1.82) is 0 Å². The monoisotopic (exact) mass is 221 g/mol. The van der Waals surface area contributed by atoms with Gasteiger partial charge in [-0.1, -0.05) is 25.2 Å². The van der Waals surface area contributed by atoms with E-state index in [-0.39, 0.29) is 0 Å². The van der Waals surface area contributed by atoms with Crippen molar-refractivity contribution in [2.75, 3.05) is 13.2 Å². The summed E-state index contributed by atoms with van der Waals surface area (Å²) < 4.78 is 11.1. The molecule has 0 saturated heterocycles. The van der Waals surface area contributed by atoms with E-state index in [1.165, 1.54) is 5.57 Å². The Hall–Kier alpha value is -1.38. The largest absolute Gasteiger partial charge is 0.464 e. The van der Waals surface area contributed by atoms with Crippen molar-refractivity contribution >= 4 is 0 Å². The van der Waals surface area contributed by atoms with E-state index in [1.54, 1.807) is 0 Å². The zero-order valence-corrected chi connectivity index (χ0v) is 9.74. The minimum atomic E-state index is 0.490. The lowest BCUT2D eigenvalue weighted by Gasteiger charge is -2.23. The number of nitrogens with two attached hydrogens (primary N) is 1. The smallest absolute Gasteiger partial charge is 0.299 e. The normalized spacial score (nSPS) is 25.1. The third-order valence-electron chi connectivity index (χ3n) is 2.82.